The first-order chi connectivity index (χ1) is 9.29. The van der Waals surface area contributed by atoms with Crippen LogP contribution in [0.1, 0.15) is 12.8 Å². The Labute approximate surface area is 112 Å². The van der Waals surface area contributed by atoms with Gasteiger partial charge >= 0.3 is 0 Å². The van der Waals surface area contributed by atoms with Gasteiger partial charge < -0.3 is 19.4 Å². The minimum Gasteiger partial charge on any atom is -0.497 e. The van der Waals surface area contributed by atoms with Gasteiger partial charge in [0.25, 0.3) is 5.56 Å². The second-order valence-corrected chi connectivity index (χ2v) is 4.53. The molecule has 0 radical (unpaired) electrons. The number of ether oxygens (including phenoxy) is 2. The Hall–Kier alpha value is -1.75. The van der Waals surface area contributed by atoms with Gasteiger partial charge in [-0.25, -0.2) is 0 Å². The third kappa shape index (κ3) is 4.13. The number of pyridine rings is 1. The lowest BCUT2D eigenvalue weighted by atomic mass is 10.1. The number of methoxy groups -OCH3 is 1. The predicted octanol–water partition coefficient (Wildman–Crippen LogP) is 1.60. The molecule has 0 saturated carbocycles. The summed E-state index contributed by atoms with van der Waals surface area (Å²) in [6.45, 7) is 1.83. The van der Waals surface area contributed by atoms with Crippen LogP contribution in [0.25, 0.3) is 0 Å². The average molecular weight is 264 g/mol. The van der Waals surface area contributed by atoms with Crippen molar-refractivity contribution in [3.8, 4) is 0 Å². The summed E-state index contributed by atoms with van der Waals surface area (Å²) in [4.78, 5) is 11.6. The Morgan fingerprint density at radius 1 is 1.53 bits per heavy atom. The molecule has 0 aliphatic carbocycles. The van der Waals surface area contributed by atoms with E-state index in [1.165, 1.54) is 0 Å². The lowest BCUT2D eigenvalue weighted by Gasteiger charge is -2.20. The molecule has 0 amide bonds. The summed E-state index contributed by atoms with van der Waals surface area (Å²) in [5, 5.41) is 3.30. The fourth-order valence-electron chi connectivity index (χ4n) is 1.97. The maximum absolute atomic E-state index is 11.6. The molecule has 1 aliphatic rings. The van der Waals surface area contributed by atoms with Gasteiger partial charge in [-0.2, -0.15) is 0 Å². The van der Waals surface area contributed by atoms with Crippen LogP contribution in [0.2, 0.25) is 0 Å². The smallest absolute Gasteiger partial charge is 0.250 e. The highest BCUT2D eigenvalue weighted by Gasteiger charge is 2.10. The van der Waals surface area contributed by atoms with Crippen LogP contribution in [0.5, 0.6) is 0 Å². The maximum atomic E-state index is 11.6. The van der Waals surface area contributed by atoms with Gasteiger partial charge in [0, 0.05) is 25.9 Å². The molecule has 5 nitrogen and oxygen atoms in total. The van der Waals surface area contributed by atoms with Gasteiger partial charge in [-0.3, -0.25) is 4.79 Å². The standard InChI is InChI=1S/C14H20N2O3/c1-18-9-7-16-11-12(5-6-14(16)17)15-10-13-4-2-3-8-19-13/h3,5-6,8,11,13,15H,2,4,7,9-10H2,1H3. The number of hydrogen-bond acceptors (Lipinski definition) is 4. The molecule has 0 aromatic carbocycles. The van der Waals surface area contributed by atoms with E-state index in [0.717, 1.165) is 25.1 Å². The first-order valence-electron chi connectivity index (χ1n) is 6.53. The van der Waals surface area contributed by atoms with Crippen molar-refractivity contribution >= 4 is 5.69 Å². The molecule has 1 aromatic heterocycles. The summed E-state index contributed by atoms with van der Waals surface area (Å²) < 4.78 is 12.1. The van der Waals surface area contributed by atoms with E-state index in [1.807, 2.05) is 12.3 Å². The van der Waals surface area contributed by atoms with Crippen molar-refractivity contribution in [3.63, 3.8) is 0 Å². The largest absolute Gasteiger partial charge is 0.497 e. The summed E-state index contributed by atoms with van der Waals surface area (Å²) in [6.07, 6.45) is 7.88. The Kier molecular flexibility index (Phi) is 5.03. The van der Waals surface area contributed by atoms with Gasteiger partial charge in [0.2, 0.25) is 0 Å². The van der Waals surface area contributed by atoms with Gasteiger partial charge in [0.05, 0.1) is 25.1 Å². The van der Waals surface area contributed by atoms with Gasteiger partial charge in [-0.05, 0) is 25.0 Å². The van der Waals surface area contributed by atoms with Crippen molar-refractivity contribution in [2.24, 2.45) is 0 Å². The normalized spacial score (nSPS) is 18.1. The van der Waals surface area contributed by atoms with Crippen molar-refractivity contribution in [1.82, 2.24) is 4.57 Å². The summed E-state index contributed by atoms with van der Waals surface area (Å²) in [5.41, 5.74) is 0.910. The summed E-state index contributed by atoms with van der Waals surface area (Å²) in [7, 11) is 1.63. The summed E-state index contributed by atoms with van der Waals surface area (Å²) in [6, 6.07) is 3.37. The van der Waals surface area contributed by atoms with Crippen molar-refractivity contribution < 1.29 is 9.47 Å². The van der Waals surface area contributed by atoms with Crippen molar-refractivity contribution in [1.29, 1.82) is 0 Å². The molecular weight excluding hydrogens is 244 g/mol. The van der Waals surface area contributed by atoms with E-state index in [4.69, 9.17) is 9.47 Å². The zero-order chi connectivity index (χ0) is 13.5. The second-order valence-electron chi connectivity index (χ2n) is 4.53. The minimum atomic E-state index is -0.0144. The SMILES string of the molecule is COCCn1cc(NCC2CCC=CO2)ccc1=O. The molecule has 1 aliphatic heterocycles. The second kappa shape index (κ2) is 6.99. The molecule has 0 fully saturated rings. The molecule has 1 atom stereocenters. The van der Waals surface area contributed by atoms with E-state index in [9.17, 15) is 4.79 Å². The Bertz CT molecular complexity index is 482. The summed E-state index contributed by atoms with van der Waals surface area (Å²) >= 11 is 0. The molecule has 1 unspecified atom stereocenters. The number of anilines is 1. The van der Waals surface area contributed by atoms with Crippen LogP contribution in [-0.4, -0.2) is 30.9 Å². The first-order valence-corrected chi connectivity index (χ1v) is 6.53. The molecule has 2 rings (SSSR count). The fourth-order valence-corrected chi connectivity index (χ4v) is 1.97. The molecule has 1 aromatic rings. The van der Waals surface area contributed by atoms with Crippen LogP contribution in [-0.2, 0) is 16.0 Å². The van der Waals surface area contributed by atoms with Gasteiger partial charge in [0.1, 0.15) is 6.10 Å². The highest BCUT2D eigenvalue weighted by molar-refractivity contribution is 5.40. The predicted molar refractivity (Wildman–Crippen MR) is 74.3 cm³/mol. The molecule has 1 N–H and O–H groups in total. The van der Waals surface area contributed by atoms with Gasteiger partial charge in [-0.15, -0.1) is 0 Å². The third-order valence-electron chi connectivity index (χ3n) is 3.08. The molecule has 19 heavy (non-hydrogen) atoms. The van der Waals surface area contributed by atoms with Crippen molar-refractivity contribution in [2.45, 2.75) is 25.5 Å². The Balaban J connectivity index is 1.92. The Morgan fingerprint density at radius 2 is 2.42 bits per heavy atom. The molecular formula is C14H20N2O3. The molecule has 0 spiro atoms. The van der Waals surface area contributed by atoms with Crippen molar-refractivity contribution in [3.05, 3.63) is 41.0 Å². The molecule has 5 heteroatoms. The quantitative estimate of drug-likeness (QED) is 0.848. The number of hydrogen-bond donors (Lipinski definition) is 1. The molecule has 0 bridgehead atoms. The van der Waals surface area contributed by atoms with Crippen LogP contribution >= 0.6 is 0 Å². The summed E-state index contributed by atoms with van der Waals surface area (Å²) in [5.74, 6) is 0. The zero-order valence-electron chi connectivity index (χ0n) is 11.2. The van der Waals surface area contributed by atoms with Crippen molar-refractivity contribution in [2.75, 3.05) is 25.6 Å². The highest BCUT2D eigenvalue weighted by Crippen LogP contribution is 2.11. The monoisotopic (exact) mass is 264 g/mol. The molecule has 2 heterocycles. The maximum Gasteiger partial charge on any atom is 0.250 e. The molecule has 0 saturated heterocycles. The van der Waals surface area contributed by atoms with E-state index in [-0.39, 0.29) is 11.7 Å². The average Bonchev–Trinajstić information content (AvgIpc) is 2.46. The number of rotatable bonds is 6. The first kappa shape index (κ1) is 13.7. The van der Waals surface area contributed by atoms with Crippen LogP contribution in [0.15, 0.2) is 35.5 Å². The van der Waals surface area contributed by atoms with E-state index in [2.05, 4.69) is 5.32 Å². The Morgan fingerprint density at radius 3 is 3.16 bits per heavy atom. The minimum absolute atomic E-state index is 0.0144. The lowest BCUT2D eigenvalue weighted by molar-refractivity contribution is 0.135. The van der Waals surface area contributed by atoms with Gasteiger partial charge in [0.15, 0.2) is 0 Å². The topological polar surface area (TPSA) is 52.5 Å². The van der Waals surface area contributed by atoms with Gasteiger partial charge in [-0.1, -0.05) is 0 Å². The third-order valence-corrected chi connectivity index (χ3v) is 3.08. The van der Waals surface area contributed by atoms with E-state index in [0.29, 0.717) is 13.2 Å². The van der Waals surface area contributed by atoms with Crippen LogP contribution < -0.4 is 10.9 Å². The van der Waals surface area contributed by atoms with E-state index >= 15 is 0 Å². The number of allylic oxidation sites excluding steroid dienone is 1. The van der Waals surface area contributed by atoms with E-state index < -0.39 is 0 Å². The highest BCUT2D eigenvalue weighted by atomic mass is 16.5. The number of nitrogens with one attached hydrogen (secondary N) is 1. The lowest BCUT2D eigenvalue weighted by Crippen LogP contribution is -2.25. The van der Waals surface area contributed by atoms with Crippen LogP contribution in [0, 0.1) is 0 Å². The molecule has 104 valence electrons. The van der Waals surface area contributed by atoms with Crippen LogP contribution in [0.3, 0.4) is 0 Å². The number of aromatic nitrogens is 1. The van der Waals surface area contributed by atoms with Crippen LogP contribution in [0.4, 0.5) is 5.69 Å². The number of nitrogens with zero attached hydrogens (tertiary/aromatic N) is 1. The zero-order valence-corrected chi connectivity index (χ0v) is 11.2. The van der Waals surface area contributed by atoms with E-state index in [1.54, 1.807) is 30.1 Å². The fraction of sp³-hybridized carbons (Fsp3) is 0.500.